The molecule has 0 spiro atoms. The van der Waals surface area contributed by atoms with Crippen LogP contribution in [-0.4, -0.2) is 133 Å². The molecular weight excluding hydrogens is 1010 g/mol. The fourth-order valence-electron chi connectivity index (χ4n) is 11.2. The van der Waals surface area contributed by atoms with Crippen LogP contribution in [0.1, 0.15) is 145 Å². The highest BCUT2D eigenvalue weighted by molar-refractivity contribution is 5.97. The van der Waals surface area contributed by atoms with E-state index in [1.807, 2.05) is 36.4 Å². The number of likely N-dealkylation sites (tertiary alicyclic amines) is 2. The third-order valence-electron chi connectivity index (χ3n) is 16.2. The Bertz CT molecular complexity index is 2790. The molecule has 80 heavy (non-hydrogen) atoms. The van der Waals surface area contributed by atoms with E-state index >= 15 is 0 Å². The predicted octanol–water partition coefficient (Wildman–Crippen LogP) is 3.88. The molecule has 4 aliphatic rings. The number of nitrogens with zero attached hydrogens (tertiary/aromatic N) is 2. The molecule has 422 valence electrons. The van der Waals surface area contributed by atoms with Gasteiger partial charge in [0.25, 0.3) is 11.8 Å². The van der Waals surface area contributed by atoms with Gasteiger partial charge in [-0.3, -0.25) is 38.4 Å². The number of rotatable bonds is 18. The predicted molar refractivity (Wildman–Crippen MR) is 304 cm³/mol. The number of likely N-dealkylation sites (N-methyl/N-ethyl adjacent to an activating group) is 2. The quantitative estimate of drug-likeness (QED) is 0.0670. The molecule has 2 aliphatic carbocycles. The van der Waals surface area contributed by atoms with E-state index in [0.29, 0.717) is 35.1 Å². The van der Waals surface area contributed by atoms with Gasteiger partial charge in [0.1, 0.15) is 24.2 Å². The van der Waals surface area contributed by atoms with Crippen LogP contribution in [0.25, 0.3) is 0 Å². The zero-order valence-corrected chi connectivity index (χ0v) is 46.7. The van der Waals surface area contributed by atoms with Crippen molar-refractivity contribution in [2.75, 3.05) is 27.2 Å². The lowest BCUT2D eigenvalue weighted by Gasteiger charge is -2.31. The molecule has 2 heterocycles. The number of carbonyl (C=O) groups is 8. The maximum absolute atomic E-state index is 14.2. The molecule has 2 aliphatic heterocycles. The maximum atomic E-state index is 14.2. The molecule has 18 nitrogen and oxygen atoms in total. The van der Waals surface area contributed by atoms with Crippen molar-refractivity contribution in [1.29, 1.82) is 0 Å². The highest BCUT2D eigenvalue weighted by Crippen LogP contribution is 2.32. The molecule has 8 amide bonds. The van der Waals surface area contributed by atoms with Crippen LogP contribution in [0.4, 0.5) is 0 Å². The molecule has 2 saturated heterocycles. The van der Waals surface area contributed by atoms with Gasteiger partial charge in [-0.1, -0.05) is 74.2 Å². The van der Waals surface area contributed by atoms with Crippen molar-refractivity contribution < 1.29 is 38.4 Å². The van der Waals surface area contributed by atoms with E-state index in [9.17, 15) is 38.4 Å². The van der Waals surface area contributed by atoms with Crippen LogP contribution in [0.5, 0.6) is 0 Å². The fraction of sp³-hybridized carbons (Fsp3) is 0.452. The van der Waals surface area contributed by atoms with Gasteiger partial charge in [-0.2, -0.15) is 0 Å². The summed E-state index contributed by atoms with van der Waals surface area (Å²) in [5.74, 6) is 3.40. The van der Waals surface area contributed by atoms with Gasteiger partial charge in [0, 0.05) is 47.4 Å². The van der Waals surface area contributed by atoms with E-state index in [1.54, 1.807) is 90.3 Å². The van der Waals surface area contributed by atoms with Crippen molar-refractivity contribution in [3.8, 4) is 11.8 Å². The smallest absolute Gasteiger partial charge is 0.251 e. The first-order chi connectivity index (χ1) is 38.6. The Morgan fingerprint density at radius 1 is 0.525 bits per heavy atom. The lowest BCUT2D eigenvalue weighted by molar-refractivity contribution is -0.142. The Balaban J connectivity index is 0.891. The third kappa shape index (κ3) is 13.9. The summed E-state index contributed by atoms with van der Waals surface area (Å²) in [5.41, 5.74) is 6.50. The standard InChI is InChI=1S/C62H76N10O8/c1-7-49(67-55(73)37(3)63-5)61(79)71-35-45(33-53(71)59(77)69-51-21-13-17-41-15-9-11-19-47(41)51)65-57(75)43-29-25-39(26-30-43)23-24-40-27-31-44(32-28-40)58(76)66-46-34-54(60(78)70-52-22-14-18-42-16-10-12-20-48(42)52)72(36-46)62(80)50(8-2)68-56(74)38(4)64-6/h9-12,15-16,19-20,25-32,37-38,45-46,49-54,63-64H,7-8,13-14,17-18,21-22,33-36H2,1-6H3,(H,65,75)(H,66,76)(H,67,73)(H,68,74)(H,69,77)(H,70,78)/t37-,38-,45-,46-,49-,50-,51+,52+,53-,54-/m0/s1. The van der Waals surface area contributed by atoms with Crippen LogP contribution >= 0.6 is 0 Å². The summed E-state index contributed by atoms with van der Waals surface area (Å²) in [6.07, 6.45) is 6.21. The first-order valence-electron chi connectivity index (χ1n) is 28.3. The molecule has 4 aromatic rings. The SMILES string of the molecule is CC[C@H](NC(=O)[C@H](C)NC)C(=O)N1C[C@@H](NC(=O)c2ccc(C#Cc3ccc(C(=O)N[C@H]4C[C@@H](C(=O)N[C@@H]5CCCc6ccccc65)N(C(=O)[C@H](CC)NC(=O)[C@H](C)NC)C4)cc3)cc2)C[C@H]1C(=O)N[C@@H]1CCCc2ccccc21. The van der Waals surface area contributed by atoms with Crippen molar-refractivity contribution in [2.24, 2.45) is 0 Å². The fourth-order valence-corrected chi connectivity index (χ4v) is 11.2. The van der Waals surface area contributed by atoms with Crippen molar-refractivity contribution in [3.05, 3.63) is 142 Å². The Kier molecular flexibility index (Phi) is 19.6. The molecule has 8 rings (SSSR count). The van der Waals surface area contributed by atoms with Gasteiger partial charge in [0.2, 0.25) is 35.4 Å². The van der Waals surface area contributed by atoms with Crippen molar-refractivity contribution in [1.82, 2.24) is 52.3 Å². The molecule has 0 bridgehead atoms. The Morgan fingerprint density at radius 3 is 1.26 bits per heavy atom. The van der Waals surface area contributed by atoms with E-state index < -0.39 is 48.3 Å². The second-order valence-corrected chi connectivity index (χ2v) is 21.5. The highest BCUT2D eigenvalue weighted by atomic mass is 16.2. The van der Waals surface area contributed by atoms with Gasteiger partial charge in [0.15, 0.2) is 0 Å². The Hall–Kier alpha value is -7.88. The van der Waals surface area contributed by atoms with Crippen molar-refractivity contribution >= 4 is 47.3 Å². The topological polar surface area (TPSA) is 239 Å². The van der Waals surface area contributed by atoms with E-state index in [0.717, 1.165) is 49.7 Å². The Labute approximate surface area is 469 Å². The molecule has 0 aromatic heterocycles. The van der Waals surface area contributed by atoms with Crippen LogP contribution in [0.15, 0.2) is 97.1 Å². The normalized spacial score (nSPS) is 21.6. The minimum Gasteiger partial charge on any atom is -0.347 e. The zero-order chi connectivity index (χ0) is 57.0. The summed E-state index contributed by atoms with van der Waals surface area (Å²) < 4.78 is 0. The number of benzene rings is 4. The summed E-state index contributed by atoms with van der Waals surface area (Å²) >= 11 is 0. The molecule has 10 atom stereocenters. The van der Waals surface area contributed by atoms with E-state index in [4.69, 9.17) is 0 Å². The van der Waals surface area contributed by atoms with Crippen LogP contribution in [0, 0.1) is 11.8 Å². The maximum Gasteiger partial charge on any atom is 0.251 e. The summed E-state index contributed by atoms with van der Waals surface area (Å²) in [4.78, 5) is 113. The number of carbonyl (C=O) groups excluding carboxylic acids is 8. The second kappa shape index (κ2) is 26.9. The molecule has 2 fully saturated rings. The van der Waals surface area contributed by atoms with Crippen molar-refractivity contribution in [2.45, 2.75) is 152 Å². The van der Waals surface area contributed by atoms with Gasteiger partial charge in [-0.15, -0.1) is 0 Å². The van der Waals surface area contributed by atoms with Gasteiger partial charge >= 0.3 is 0 Å². The molecule has 4 aromatic carbocycles. The lowest BCUT2D eigenvalue weighted by Crippen LogP contribution is -2.55. The van der Waals surface area contributed by atoms with Gasteiger partial charge < -0.3 is 52.3 Å². The minimum absolute atomic E-state index is 0.0797. The summed E-state index contributed by atoms with van der Waals surface area (Å²) in [6, 6.07) is 23.6. The van der Waals surface area contributed by atoms with Gasteiger partial charge in [-0.05, 0) is 163 Å². The third-order valence-corrected chi connectivity index (χ3v) is 16.2. The molecule has 0 saturated carbocycles. The highest BCUT2D eigenvalue weighted by Gasteiger charge is 2.45. The monoisotopic (exact) mass is 1090 g/mol. The Morgan fingerprint density at radius 2 is 0.900 bits per heavy atom. The first kappa shape index (κ1) is 58.3. The molecule has 0 unspecified atom stereocenters. The van der Waals surface area contributed by atoms with E-state index in [-0.39, 0.29) is 85.3 Å². The molecular formula is C62H76N10O8. The van der Waals surface area contributed by atoms with Crippen LogP contribution in [0.3, 0.4) is 0 Å². The first-order valence-corrected chi connectivity index (χ1v) is 28.3. The molecule has 0 radical (unpaired) electrons. The minimum atomic E-state index is -0.877. The number of aryl methyl sites for hydroxylation is 2. The average Bonchev–Trinajstić information content (AvgIpc) is 4.18. The summed E-state index contributed by atoms with van der Waals surface area (Å²) in [7, 11) is 3.32. The largest absolute Gasteiger partial charge is 0.347 e. The lowest BCUT2D eigenvalue weighted by atomic mass is 9.87. The van der Waals surface area contributed by atoms with Crippen molar-refractivity contribution in [3.63, 3.8) is 0 Å². The average molecular weight is 1090 g/mol. The summed E-state index contributed by atoms with van der Waals surface area (Å²) in [5, 5.41) is 24.0. The number of hydrogen-bond donors (Lipinski definition) is 8. The summed E-state index contributed by atoms with van der Waals surface area (Å²) in [6.45, 7) is 7.16. The van der Waals surface area contributed by atoms with Crippen LogP contribution in [0.2, 0.25) is 0 Å². The number of nitrogens with one attached hydrogen (secondary N) is 8. The number of fused-ring (bicyclic) bond motifs is 2. The number of hydrogen-bond acceptors (Lipinski definition) is 10. The van der Waals surface area contributed by atoms with Crippen LogP contribution in [-0.2, 0) is 41.6 Å². The van der Waals surface area contributed by atoms with Gasteiger partial charge in [-0.25, -0.2) is 0 Å². The van der Waals surface area contributed by atoms with Gasteiger partial charge in [0.05, 0.1) is 24.2 Å². The van der Waals surface area contributed by atoms with E-state index in [1.165, 1.54) is 20.9 Å². The molecule has 8 N–H and O–H groups in total. The second-order valence-electron chi connectivity index (χ2n) is 21.5. The van der Waals surface area contributed by atoms with Crippen LogP contribution < -0.4 is 42.5 Å². The molecule has 18 heteroatoms. The number of amides is 8. The van der Waals surface area contributed by atoms with E-state index in [2.05, 4.69) is 66.5 Å². The zero-order valence-electron chi connectivity index (χ0n) is 46.7.